The average Bonchev–Trinajstić information content (AvgIpc) is 2.55. The van der Waals surface area contributed by atoms with E-state index in [1.807, 2.05) is 0 Å². The molecular formula is C16H10F3N3O2. The Morgan fingerprint density at radius 1 is 1.17 bits per heavy atom. The van der Waals surface area contributed by atoms with Crippen LogP contribution in [0.5, 0.6) is 5.75 Å². The summed E-state index contributed by atoms with van der Waals surface area (Å²) < 4.78 is 39.4. The minimum absolute atomic E-state index is 0.0859. The molecule has 2 aromatic carbocycles. The first-order valence-electron chi connectivity index (χ1n) is 6.53. The first kappa shape index (κ1) is 16.9. The Hall–Kier alpha value is -3.47. The highest BCUT2D eigenvalue weighted by Gasteiger charge is 2.14. The molecule has 0 aliphatic heterocycles. The fourth-order valence-electron chi connectivity index (χ4n) is 1.72. The predicted octanol–water partition coefficient (Wildman–Crippen LogP) is 3.27. The van der Waals surface area contributed by atoms with E-state index in [1.165, 1.54) is 24.3 Å². The quantitative estimate of drug-likeness (QED) is 0.455. The van der Waals surface area contributed by atoms with Gasteiger partial charge in [0, 0.05) is 18.0 Å². The first-order valence-corrected chi connectivity index (χ1v) is 6.53. The summed E-state index contributed by atoms with van der Waals surface area (Å²) in [5.41, 5.74) is -0.644. The van der Waals surface area contributed by atoms with E-state index < -0.39 is 34.6 Å². The van der Waals surface area contributed by atoms with Gasteiger partial charge in [-0.2, -0.15) is 5.26 Å². The maximum Gasteiger partial charge on any atom is 0.267 e. The maximum absolute atomic E-state index is 13.5. The standard InChI is InChI=1S/C16H10F3N3O2/c17-12-4-5-13(15(19)14(12)18)21-8-9(7-20)16(24)22-10-2-1-3-11(23)6-10/h1-6,8,21,23H,(H,22,24)/b9-8-. The molecule has 0 atom stereocenters. The van der Waals surface area contributed by atoms with Gasteiger partial charge in [-0.15, -0.1) is 0 Å². The molecule has 0 aliphatic rings. The van der Waals surface area contributed by atoms with Crippen molar-refractivity contribution >= 4 is 17.3 Å². The zero-order chi connectivity index (χ0) is 17.7. The normalized spacial score (nSPS) is 10.8. The van der Waals surface area contributed by atoms with Crippen molar-refractivity contribution in [3.8, 4) is 11.8 Å². The Morgan fingerprint density at radius 3 is 2.58 bits per heavy atom. The third kappa shape index (κ3) is 3.84. The number of hydrogen-bond acceptors (Lipinski definition) is 4. The van der Waals surface area contributed by atoms with Gasteiger partial charge in [0.2, 0.25) is 0 Å². The second kappa shape index (κ2) is 7.19. The number of amides is 1. The number of aromatic hydroxyl groups is 1. The summed E-state index contributed by atoms with van der Waals surface area (Å²) in [6, 6.07) is 8.83. The molecule has 3 N–H and O–H groups in total. The molecule has 0 aromatic heterocycles. The molecule has 2 rings (SSSR count). The first-order chi connectivity index (χ1) is 11.4. The number of benzene rings is 2. The Bertz CT molecular complexity index is 860. The number of halogens is 3. The average molecular weight is 333 g/mol. The van der Waals surface area contributed by atoms with Crippen LogP contribution >= 0.6 is 0 Å². The highest BCUT2D eigenvalue weighted by molar-refractivity contribution is 6.06. The van der Waals surface area contributed by atoms with Crippen LogP contribution in [0.25, 0.3) is 0 Å². The Morgan fingerprint density at radius 2 is 1.92 bits per heavy atom. The Balaban J connectivity index is 2.16. The lowest BCUT2D eigenvalue weighted by Crippen LogP contribution is -2.14. The summed E-state index contributed by atoms with van der Waals surface area (Å²) in [4.78, 5) is 11.9. The van der Waals surface area contributed by atoms with Crippen molar-refractivity contribution in [3.63, 3.8) is 0 Å². The molecule has 0 saturated carbocycles. The summed E-state index contributed by atoms with van der Waals surface area (Å²) in [6.07, 6.45) is 0.855. The zero-order valence-electron chi connectivity index (χ0n) is 12.0. The number of carbonyl (C=O) groups is 1. The van der Waals surface area contributed by atoms with Crippen molar-refractivity contribution in [3.05, 3.63) is 65.6 Å². The van der Waals surface area contributed by atoms with Gasteiger partial charge in [-0.3, -0.25) is 4.79 Å². The topological polar surface area (TPSA) is 85.2 Å². The number of anilines is 2. The van der Waals surface area contributed by atoms with E-state index in [4.69, 9.17) is 5.26 Å². The molecular weight excluding hydrogens is 323 g/mol. The largest absolute Gasteiger partial charge is 0.508 e. The third-order valence-electron chi connectivity index (χ3n) is 2.88. The van der Waals surface area contributed by atoms with Crippen LogP contribution < -0.4 is 10.6 Å². The molecule has 8 heteroatoms. The minimum Gasteiger partial charge on any atom is -0.508 e. The molecule has 0 radical (unpaired) electrons. The van der Waals surface area contributed by atoms with Crippen molar-refractivity contribution in [1.82, 2.24) is 0 Å². The number of phenols is 1. The third-order valence-corrected chi connectivity index (χ3v) is 2.88. The lowest BCUT2D eigenvalue weighted by atomic mass is 10.2. The summed E-state index contributed by atoms with van der Waals surface area (Å²) in [7, 11) is 0. The molecule has 0 bridgehead atoms. The highest BCUT2D eigenvalue weighted by atomic mass is 19.2. The molecule has 122 valence electrons. The smallest absolute Gasteiger partial charge is 0.267 e. The number of nitriles is 1. The van der Waals surface area contributed by atoms with Gasteiger partial charge in [0.1, 0.15) is 17.4 Å². The molecule has 24 heavy (non-hydrogen) atoms. The van der Waals surface area contributed by atoms with Gasteiger partial charge in [-0.25, -0.2) is 13.2 Å². The number of rotatable bonds is 4. The molecule has 0 unspecified atom stereocenters. The Labute approximate surface area is 134 Å². The van der Waals surface area contributed by atoms with E-state index in [1.54, 1.807) is 6.07 Å². The van der Waals surface area contributed by atoms with Gasteiger partial charge >= 0.3 is 0 Å². The highest BCUT2D eigenvalue weighted by Crippen LogP contribution is 2.20. The fraction of sp³-hybridized carbons (Fsp3) is 0. The Kier molecular flexibility index (Phi) is 5.06. The fourth-order valence-corrected chi connectivity index (χ4v) is 1.72. The number of nitrogens with zero attached hydrogens (tertiary/aromatic N) is 1. The lowest BCUT2D eigenvalue weighted by molar-refractivity contribution is -0.112. The van der Waals surface area contributed by atoms with Gasteiger partial charge in [0.05, 0.1) is 5.69 Å². The second-order valence-corrected chi connectivity index (χ2v) is 4.54. The van der Waals surface area contributed by atoms with Gasteiger partial charge in [-0.05, 0) is 24.3 Å². The van der Waals surface area contributed by atoms with Crippen molar-refractivity contribution in [2.75, 3.05) is 10.6 Å². The maximum atomic E-state index is 13.5. The lowest BCUT2D eigenvalue weighted by Gasteiger charge is -2.06. The van der Waals surface area contributed by atoms with Crippen LogP contribution in [0, 0.1) is 28.8 Å². The van der Waals surface area contributed by atoms with Gasteiger partial charge in [0.25, 0.3) is 5.91 Å². The van der Waals surface area contributed by atoms with Crippen LogP contribution in [0.15, 0.2) is 48.2 Å². The second-order valence-electron chi connectivity index (χ2n) is 4.54. The molecule has 0 aliphatic carbocycles. The van der Waals surface area contributed by atoms with Gasteiger partial charge in [0.15, 0.2) is 17.5 Å². The monoisotopic (exact) mass is 333 g/mol. The summed E-state index contributed by atoms with van der Waals surface area (Å²) in [6.45, 7) is 0. The van der Waals surface area contributed by atoms with Gasteiger partial charge < -0.3 is 15.7 Å². The van der Waals surface area contributed by atoms with Crippen LogP contribution in [0.4, 0.5) is 24.5 Å². The molecule has 0 spiro atoms. The van der Waals surface area contributed by atoms with Crippen LogP contribution in [0.2, 0.25) is 0 Å². The van der Waals surface area contributed by atoms with Crippen molar-refractivity contribution in [1.29, 1.82) is 5.26 Å². The van der Waals surface area contributed by atoms with E-state index in [0.717, 1.165) is 12.3 Å². The molecule has 0 saturated heterocycles. The number of nitrogens with one attached hydrogen (secondary N) is 2. The van der Waals surface area contributed by atoms with Crippen LogP contribution in [-0.4, -0.2) is 11.0 Å². The van der Waals surface area contributed by atoms with E-state index in [-0.39, 0.29) is 11.4 Å². The molecule has 1 amide bonds. The summed E-state index contributed by atoms with van der Waals surface area (Å²) in [5.74, 6) is -5.42. The SMILES string of the molecule is N#C/C(=C/Nc1ccc(F)c(F)c1F)C(=O)Nc1cccc(O)c1. The minimum atomic E-state index is -1.67. The number of hydrogen-bond donors (Lipinski definition) is 3. The van der Waals surface area contributed by atoms with Crippen LogP contribution in [0.3, 0.4) is 0 Å². The van der Waals surface area contributed by atoms with Crippen LogP contribution in [0.1, 0.15) is 0 Å². The molecule has 0 fully saturated rings. The van der Waals surface area contributed by atoms with E-state index in [9.17, 15) is 23.1 Å². The van der Waals surface area contributed by atoms with E-state index >= 15 is 0 Å². The number of carbonyl (C=O) groups excluding carboxylic acids is 1. The van der Waals surface area contributed by atoms with Crippen molar-refractivity contribution < 1.29 is 23.1 Å². The number of phenolic OH excluding ortho intramolecular Hbond substituents is 1. The predicted molar refractivity (Wildman–Crippen MR) is 80.4 cm³/mol. The van der Waals surface area contributed by atoms with Crippen LogP contribution in [-0.2, 0) is 4.79 Å². The van der Waals surface area contributed by atoms with Crippen molar-refractivity contribution in [2.24, 2.45) is 0 Å². The molecule has 0 heterocycles. The van der Waals surface area contributed by atoms with Gasteiger partial charge in [-0.1, -0.05) is 6.07 Å². The summed E-state index contributed by atoms with van der Waals surface area (Å²) >= 11 is 0. The molecule has 5 nitrogen and oxygen atoms in total. The summed E-state index contributed by atoms with van der Waals surface area (Å²) in [5, 5.41) is 22.9. The van der Waals surface area contributed by atoms with Crippen molar-refractivity contribution in [2.45, 2.75) is 0 Å². The zero-order valence-corrected chi connectivity index (χ0v) is 12.0. The van der Waals surface area contributed by atoms with E-state index in [2.05, 4.69) is 10.6 Å². The van der Waals surface area contributed by atoms with E-state index in [0.29, 0.717) is 6.07 Å². The molecule has 2 aromatic rings.